The lowest BCUT2D eigenvalue weighted by Gasteiger charge is -2.21. The Morgan fingerprint density at radius 3 is 2.64 bits per heavy atom. The third kappa shape index (κ3) is 4.20. The number of thiocarbonyl (C=S) groups is 1. The van der Waals surface area contributed by atoms with Gasteiger partial charge in [-0.25, -0.2) is 0 Å². The molecule has 1 aromatic rings. The van der Waals surface area contributed by atoms with Gasteiger partial charge in [0, 0.05) is 18.9 Å². The number of likely N-dealkylation sites (tertiary alicyclic amines) is 1. The molecule has 3 amide bonds. The summed E-state index contributed by atoms with van der Waals surface area (Å²) in [6.45, 7) is -0.277. The third-order valence-corrected chi connectivity index (χ3v) is 5.58. The number of hydrogen-bond acceptors (Lipinski definition) is 7. The normalized spacial score (nSPS) is 21.6. The van der Waals surface area contributed by atoms with E-state index in [9.17, 15) is 24.3 Å². The second kappa shape index (κ2) is 8.49. The van der Waals surface area contributed by atoms with Crippen molar-refractivity contribution in [2.45, 2.75) is 18.9 Å². The monoisotopic (exact) mass is 415 g/mol. The number of thioether (sulfide) groups is 1. The first-order chi connectivity index (χ1) is 13.4. The summed E-state index contributed by atoms with van der Waals surface area (Å²) in [4.78, 5) is 50.2. The SMILES string of the molecule is O=C([O-])CCN1C(=O)CC(N2C(=O)C(=CC=Cc3ccccc3)SC2=S)C1=O. The average Bonchev–Trinajstić information content (AvgIpc) is 3.09. The Hall–Kier alpha value is -2.78. The molecule has 2 aliphatic heterocycles. The molecule has 0 N–H and O–H groups in total. The van der Waals surface area contributed by atoms with Crippen LogP contribution in [0, 0.1) is 0 Å². The molecule has 1 atom stereocenters. The van der Waals surface area contributed by atoms with Crippen LogP contribution in [0.5, 0.6) is 0 Å². The lowest BCUT2D eigenvalue weighted by Crippen LogP contribution is -2.44. The van der Waals surface area contributed by atoms with Gasteiger partial charge in [0.1, 0.15) is 10.4 Å². The van der Waals surface area contributed by atoms with E-state index >= 15 is 0 Å². The van der Waals surface area contributed by atoms with Crippen molar-refractivity contribution in [2.24, 2.45) is 0 Å². The highest BCUT2D eigenvalue weighted by atomic mass is 32.2. The molecule has 2 saturated heterocycles. The summed E-state index contributed by atoms with van der Waals surface area (Å²) in [7, 11) is 0. The zero-order valence-electron chi connectivity index (χ0n) is 14.6. The predicted molar refractivity (Wildman–Crippen MR) is 105 cm³/mol. The second-order valence-electron chi connectivity index (χ2n) is 6.07. The van der Waals surface area contributed by atoms with Gasteiger partial charge in [-0.05, 0) is 11.6 Å². The molecule has 7 nitrogen and oxygen atoms in total. The van der Waals surface area contributed by atoms with Crippen molar-refractivity contribution in [1.29, 1.82) is 0 Å². The third-order valence-electron chi connectivity index (χ3n) is 4.23. The van der Waals surface area contributed by atoms with E-state index < -0.39 is 36.2 Å². The number of carbonyl (C=O) groups excluding carboxylic acids is 4. The molecule has 2 heterocycles. The van der Waals surface area contributed by atoms with E-state index in [2.05, 4.69) is 0 Å². The number of imide groups is 1. The minimum atomic E-state index is -1.36. The molecule has 2 aliphatic rings. The Morgan fingerprint density at radius 1 is 1.25 bits per heavy atom. The fourth-order valence-corrected chi connectivity index (χ4v) is 4.19. The van der Waals surface area contributed by atoms with Gasteiger partial charge in [-0.1, -0.05) is 66.5 Å². The first kappa shape index (κ1) is 20.0. The maximum absolute atomic E-state index is 12.7. The lowest BCUT2D eigenvalue weighted by atomic mass is 10.2. The van der Waals surface area contributed by atoms with E-state index in [1.54, 1.807) is 12.2 Å². The van der Waals surface area contributed by atoms with Gasteiger partial charge in [0.25, 0.3) is 11.8 Å². The number of amides is 3. The van der Waals surface area contributed by atoms with Gasteiger partial charge in [-0.3, -0.25) is 24.2 Å². The molecule has 3 rings (SSSR count). The first-order valence-corrected chi connectivity index (χ1v) is 9.64. The van der Waals surface area contributed by atoms with E-state index in [0.717, 1.165) is 27.1 Å². The summed E-state index contributed by atoms with van der Waals surface area (Å²) in [6, 6.07) is 8.49. The van der Waals surface area contributed by atoms with Crippen molar-refractivity contribution < 1.29 is 24.3 Å². The molecule has 0 bridgehead atoms. The summed E-state index contributed by atoms with van der Waals surface area (Å²) in [5.41, 5.74) is 0.967. The average molecular weight is 415 g/mol. The lowest BCUT2D eigenvalue weighted by molar-refractivity contribution is -0.305. The van der Waals surface area contributed by atoms with Crippen LogP contribution in [0.3, 0.4) is 0 Å². The van der Waals surface area contributed by atoms with Gasteiger partial charge < -0.3 is 9.90 Å². The molecular formula is C19H15N2O5S2-. The van der Waals surface area contributed by atoms with E-state index in [-0.39, 0.29) is 17.3 Å². The van der Waals surface area contributed by atoms with Crippen LogP contribution in [0.1, 0.15) is 18.4 Å². The van der Waals surface area contributed by atoms with E-state index in [1.165, 1.54) is 0 Å². The Kier molecular flexibility index (Phi) is 6.05. The Labute approximate surface area is 170 Å². The van der Waals surface area contributed by atoms with Crippen LogP contribution in [-0.4, -0.2) is 50.4 Å². The minimum absolute atomic E-state index is 0.192. The number of aliphatic carboxylic acids is 1. The molecule has 0 spiro atoms. The van der Waals surface area contributed by atoms with Crippen molar-refractivity contribution in [1.82, 2.24) is 9.80 Å². The molecule has 9 heteroatoms. The van der Waals surface area contributed by atoms with Crippen LogP contribution in [-0.2, 0) is 19.2 Å². The number of carbonyl (C=O) groups is 4. The molecule has 0 radical (unpaired) electrons. The molecule has 1 unspecified atom stereocenters. The van der Waals surface area contributed by atoms with Crippen LogP contribution < -0.4 is 5.11 Å². The Balaban J connectivity index is 1.72. The summed E-state index contributed by atoms with van der Waals surface area (Å²) in [5.74, 6) is -2.95. The highest BCUT2D eigenvalue weighted by Crippen LogP contribution is 2.35. The number of carboxylic acid groups (broad SMARTS) is 1. The highest BCUT2D eigenvalue weighted by molar-refractivity contribution is 8.26. The maximum atomic E-state index is 12.7. The van der Waals surface area contributed by atoms with E-state index in [0.29, 0.717) is 4.91 Å². The summed E-state index contributed by atoms with van der Waals surface area (Å²) < 4.78 is 0.192. The molecule has 0 aromatic heterocycles. The number of allylic oxidation sites excluding steroid dienone is 2. The zero-order chi connectivity index (χ0) is 20.3. The van der Waals surface area contributed by atoms with Gasteiger partial charge in [-0.15, -0.1) is 0 Å². The van der Waals surface area contributed by atoms with E-state index in [1.807, 2.05) is 36.4 Å². The molecule has 1 aromatic carbocycles. The van der Waals surface area contributed by atoms with Gasteiger partial charge in [-0.2, -0.15) is 0 Å². The summed E-state index contributed by atoms with van der Waals surface area (Å²) in [6.07, 6.45) is 4.49. The van der Waals surface area contributed by atoms with Crippen LogP contribution in [0.2, 0.25) is 0 Å². The molecule has 0 saturated carbocycles. The van der Waals surface area contributed by atoms with Gasteiger partial charge in [0.2, 0.25) is 5.91 Å². The van der Waals surface area contributed by atoms with Gasteiger partial charge >= 0.3 is 0 Å². The fraction of sp³-hybridized carbons (Fsp3) is 0.211. The maximum Gasteiger partial charge on any atom is 0.266 e. The fourth-order valence-electron chi connectivity index (χ4n) is 2.88. The first-order valence-electron chi connectivity index (χ1n) is 8.41. The van der Waals surface area contributed by atoms with Crippen molar-refractivity contribution in [3.05, 3.63) is 53.0 Å². The molecular weight excluding hydrogens is 400 g/mol. The number of hydrogen-bond donors (Lipinski definition) is 0. The quantitative estimate of drug-likeness (QED) is 0.383. The molecule has 2 fully saturated rings. The Morgan fingerprint density at radius 2 is 1.96 bits per heavy atom. The molecule has 28 heavy (non-hydrogen) atoms. The highest BCUT2D eigenvalue weighted by Gasteiger charge is 2.48. The van der Waals surface area contributed by atoms with Crippen molar-refractivity contribution in [3.63, 3.8) is 0 Å². The van der Waals surface area contributed by atoms with Crippen LogP contribution in [0.4, 0.5) is 0 Å². The van der Waals surface area contributed by atoms with Gasteiger partial charge in [0.05, 0.1) is 11.3 Å². The van der Waals surface area contributed by atoms with Crippen molar-refractivity contribution in [3.8, 4) is 0 Å². The van der Waals surface area contributed by atoms with Crippen molar-refractivity contribution >= 4 is 58.1 Å². The summed E-state index contributed by atoms with van der Waals surface area (Å²) in [5, 5.41) is 10.6. The van der Waals surface area contributed by atoms with Crippen molar-refractivity contribution in [2.75, 3.05) is 6.54 Å². The molecule has 144 valence electrons. The molecule has 0 aliphatic carbocycles. The number of carboxylic acids is 1. The number of nitrogens with zero attached hydrogens (tertiary/aromatic N) is 2. The van der Waals surface area contributed by atoms with Gasteiger partial charge in [0.15, 0.2) is 0 Å². The minimum Gasteiger partial charge on any atom is -0.550 e. The number of benzene rings is 1. The Bertz CT molecular complexity index is 910. The van der Waals surface area contributed by atoms with E-state index in [4.69, 9.17) is 12.2 Å². The predicted octanol–water partition coefficient (Wildman–Crippen LogP) is 0.712. The smallest absolute Gasteiger partial charge is 0.266 e. The van der Waals surface area contributed by atoms with Crippen LogP contribution in [0.15, 0.2) is 47.4 Å². The van der Waals surface area contributed by atoms with Crippen LogP contribution >= 0.6 is 24.0 Å². The standard InChI is InChI=1S/C19H16N2O5S2/c22-15-11-13(17(25)20(15)10-9-16(23)24)21-18(26)14(28-19(21)27)8-4-7-12-5-2-1-3-6-12/h1-8,13H,9-11H2,(H,23,24)/p-1. The number of rotatable bonds is 6. The largest absolute Gasteiger partial charge is 0.550 e. The second-order valence-corrected chi connectivity index (χ2v) is 7.75. The topological polar surface area (TPSA) is 97.8 Å². The van der Waals surface area contributed by atoms with Crippen LogP contribution in [0.25, 0.3) is 6.08 Å². The summed E-state index contributed by atoms with van der Waals surface area (Å²) >= 11 is 6.29. The zero-order valence-corrected chi connectivity index (χ0v) is 16.2.